The van der Waals surface area contributed by atoms with Crippen molar-refractivity contribution < 1.29 is 17.9 Å². The fourth-order valence-electron chi connectivity index (χ4n) is 3.38. The minimum atomic E-state index is -3.54. The molecule has 0 bridgehead atoms. The van der Waals surface area contributed by atoms with Gasteiger partial charge < -0.3 is 14.4 Å². The van der Waals surface area contributed by atoms with Crippen LogP contribution >= 0.6 is 0 Å². The Balaban J connectivity index is 1.60. The molecular formula is C20H26N2O4S. The molecule has 1 fully saturated rings. The van der Waals surface area contributed by atoms with Gasteiger partial charge in [0.1, 0.15) is 11.5 Å². The molecule has 1 N–H and O–H groups in total. The topological polar surface area (TPSA) is 67.9 Å². The van der Waals surface area contributed by atoms with E-state index in [0.717, 1.165) is 30.9 Å². The predicted octanol–water partition coefficient (Wildman–Crippen LogP) is 2.82. The number of nitrogens with one attached hydrogen (secondary N) is 1. The monoisotopic (exact) mass is 390 g/mol. The molecule has 6 nitrogen and oxygen atoms in total. The van der Waals surface area contributed by atoms with Gasteiger partial charge in [-0.25, -0.2) is 13.1 Å². The Morgan fingerprint density at radius 1 is 1.07 bits per heavy atom. The highest BCUT2D eigenvalue weighted by atomic mass is 32.2. The molecule has 0 spiro atoms. The van der Waals surface area contributed by atoms with Crippen molar-refractivity contribution in [3.8, 4) is 11.5 Å². The minimum Gasteiger partial charge on any atom is -0.497 e. The van der Waals surface area contributed by atoms with Crippen molar-refractivity contribution >= 4 is 15.7 Å². The van der Waals surface area contributed by atoms with Gasteiger partial charge in [0.05, 0.1) is 19.1 Å². The molecule has 1 aliphatic heterocycles. The lowest BCUT2D eigenvalue weighted by Gasteiger charge is -2.19. The summed E-state index contributed by atoms with van der Waals surface area (Å²) in [4.78, 5) is 2.57. The van der Waals surface area contributed by atoms with Gasteiger partial charge in [-0.05, 0) is 67.3 Å². The SMILES string of the molecule is COc1ccc(N2CCC(CNS(=O)(=O)c3ccc(OC)cc3C)C2)cc1. The number of rotatable bonds is 7. The standard InChI is InChI=1S/C20H26N2O4S/c1-15-12-19(26-3)8-9-20(15)27(23,24)21-13-16-10-11-22(14-16)17-4-6-18(25-2)7-5-17/h4-9,12,16,21H,10-11,13-14H2,1-3H3. The Hall–Kier alpha value is -2.25. The molecule has 1 aliphatic rings. The number of sulfonamides is 1. The summed E-state index contributed by atoms with van der Waals surface area (Å²) in [5.74, 6) is 1.76. The first-order chi connectivity index (χ1) is 12.9. The average Bonchev–Trinajstić information content (AvgIpc) is 3.15. The lowest BCUT2D eigenvalue weighted by atomic mass is 10.1. The van der Waals surface area contributed by atoms with Gasteiger partial charge in [0.15, 0.2) is 0 Å². The summed E-state index contributed by atoms with van der Waals surface area (Å²) in [7, 11) is -0.319. The highest BCUT2D eigenvalue weighted by molar-refractivity contribution is 7.89. The van der Waals surface area contributed by atoms with E-state index in [9.17, 15) is 8.42 Å². The zero-order valence-electron chi connectivity index (χ0n) is 15.9. The smallest absolute Gasteiger partial charge is 0.240 e. The summed E-state index contributed by atoms with van der Waals surface area (Å²) in [6.45, 7) is 3.95. The molecule has 27 heavy (non-hydrogen) atoms. The fraction of sp³-hybridized carbons (Fsp3) is 0.400. The number of aryl methyl sites for hydroxylation is 1. The molecule has 146 valence electrons. The summed E-state index contributed by atoms with van der Waals surface area (Å²) in [5, 5.41) is 0. The number of methoxy groups -OCH3 is 2. The van der Waals surface area contributed by atoms with Crippen LogP contribution in [0, 0.1) is 12.8 Å². The maximum Gasteiger partial charge on any atom is 0.240 e. The van der Waals surface area contributed by atoms with Crippen molar-refractivity contribution in [1.29, 1.82) is 0 Å². The molecule has 1 atom stereocenters. The first-order valence-electron chi connectivity index (χ1n) is 8.96. The van der Waals surface area contributed by atoms with Gasteiger partial charge in [-0.15, -0.1) is 0 Å². The first-order valence-corrected chi connectivity index (χ1v) is 10.4. The van der Waals surface area contributed by atoms with Crippen LogP contribution in [0.4, 0.5) is 5.69 Å². The zero-order chi connectivity index (χ0) is 19.4. The Morgan fingerprint density at radius 3 is 2.37 bits per heavy atom. The number of hydrogen-bond acceptors (Lipinski definition) is 5. The van der Waals surface area contributed by atoms with Gasteiger partial charge >= 0.3 is 0 Å². The van der Waals surface area contributed by atoms with Crippen molar-refractivity contribution in [2.24, 2.45) is 5.92 Å². The van der Waals surface area contributed by atoms with Crippen LogP contribution in [0.15, 0.2) is 47.4 Å². The molecule has 0 aliphatic carbocycles. The molecule has 1 heterocycles. The van der Waals surface area contributed by atoms with Gasteiger partial charge in [0.25, 0.3) is 0 Å². The normalized spacial score (nSPS) is 17.1. The highest BCUT2D eigenvalue weighted by Gasteiger charge is 2.25. The number of hydrogen-bond donors (Lipinski definition) is 1. The van der Waals surface area contributed by atoms with E-state index < -0.39 is 10.0 Å². The second kappa shape index (κ2) is 8.19. The van der Waals surface area contributed by atoms with E-state index in [-0.39, 0.29) is 5.92 Å². The molecule has 1 unspecified atom stereocenters. The molecule has 1 saturated heterocycles. The molecule has 2 aromatic carbocycles. The van der Waals surface area contributed by atoms with Crippen LogP contribution in [0.5, 0.6) is 11.5 Å². The van der Waals surface area contributed by atoms with Gasteiger partial charge in [0.2, 0.25) is 10.0 Å². The summed E-state index contributed by atoms with van der Waals surface area (Å²) < 4.78 is 38.4. The average molecular weight is 391 g/mol. The van der Waals surface area contributed by atoms with Gasteiger partial charge in [-0.3, -0.25) is 0 Å². The third kappa shape index (κ3) is 4.54. The number of benzene rings is 2. The lowest BCUT2D eigenvalue weighted by molar-refractivity contribution is 0.414. The summed E-state index contributed by atoms with van der Waals surface area (Å²) in [6.07, 6.45) is 0.955. The second-order valence-corrected chi connectivity index (χ2v) is 8.52. The van der Waals surface area contributed by atoms with E-state index >= 15 is 0 Å². The summed E-state index contributed by atoms with van der Waals surface area (Å²) >= 11 is 0. The van der Waals surface area contributed by atoms with Crippen LogP contribution in [0.3, 0.4) is 0 Å². The van der Waals surface area contributed by atoms with Crippen LogP contribution in [0.25, 0.3) is 0 Å². The Morgan fingerprint density at radius 2 is 1.74 bits per heavy atom. The van der Waals surface area contributed by atoms with Gasteiger partial charge in [-0.2, -0.15) is 0 Å². The third-order valence-electron chi connectivity index (χ3n) is 4.96. The molecule has 2 aromatic rings. The molecule has 3 rings (SSSR count). The molecular weight excluding hydrogens is 364 g/mol. The van der Waals surface area contributed by atoms with E-state index in [0.29, 0.717) is 22.8 Å². The molecule has 0 saturated carbocycles. The van der Waals surface area contributed by atoms with Crippen molar-refractivity contribution in [1.82, 2.24) is 4.72 Å². The van der Waals surface area contributed by atoms with Gasteiger partial charge in [0, 0.05) is 25.3 Å². The molecule has 0 radical (unpaired) electrons. The maximum absolute atomic E-state index is 12.7. The molecule has 0 aromatic heterocycles. The van der Waals surface area contributed by atoms with Crippen LogP contribution in [-0.4, -0.2) is 42.3 Å². The quantitative estimate of drug-likeness (QED) is 0.787. The van der Waals surface area contributed by atoms with E-state index in [1.807, 2.05) is 24.3 Å². The number of nitrogens with zero attached hydrogens (tertiary/aromatic N) is 1. The third-order valence-corrected chi connectivity index (χ3v) is 6.54. The first kappa shape index (κ1) is 19.5. The molecule has 7 heteroatoms. The second-order valence-electron chi connectivity index (χ2n) is 6.78. The largest absolute Gasteiger partial charge is 0.497 e. The Kier molecular flexibility index (Phi) is 5.92. The minimum absolute atomic E-state index is 0.278. The van der Waals surface area contributed by atoms with E-state index in [1.54, 1.807) is 39.3 Å². The van der Waals surface area contributed by atoms with Crippen molar-refractivity contribution in [3.05, 3.63) is 48.0 Å². The van der Waals surface area contributed by atoms with E-state index in [1.165, 1.54) is 0 Å². The van der Waals surface area contributed by atoms with Gasteiger partial charge in [-0.1, -0.05) is 0 Å². The predicted molar refractivity (Wildman–Crippen MR) is 106 cm³/mol. The Bertz CT molecular complexity index is 881. The zero-order valence-corrected chi connectivity index (χ0v) is 16.8. The van der Waals surface area contributed by atoms with Crippen LogP contribution in [0.1, 0.15) is 12.0 Å². The molecule has 0 amide bonds. The summed E-state index contributed by atoms with van der Waals surface area (Å²) in [5.41, 5.74) is 1.81. The van der Waals surface area contributed by atoms with Crippen LogP contribution in [0.2, 0.25) is 0 Å². The van der Waals surface area contributed by atoms with Crippen molar-refractivity contribution in [3.63, 3.8) is 0 Å². The number of ether oxygens (including phenoxy) is 2. The highest BCUT2D eigenvalue weighted by Crippen LogP contribution is 2.26. The van der Waals surface area contributed by atoms with Crippen LogP contribution in [-0.2, 0) is 10.0 Å². The Labute approximate surface area is 161 Å². The van der Waals surface area contributed by atoms with Crippen LogP contribution < -0.4 is 19.1 Å². The maximum atomic E-state index is 12.7. The van der Waals surface area contributed by atoms with E-state index in [2.05, 4.69) is 9.62 Å². The van der Waals surface area contributed by atoms with E-state index in [4.69, 9.17) is 9.47 Å². The fourth-order valence-corrected chi connectivity index (χ4v) is 4.72. The summed E-state index contributed by atoms with van der Waals surface area (Å²) in [6, 6.07) is 12.9. The lowest BCUT2D eigenvalue weighted by Crippen LogP contribution is -2.31. The van der Waals surface area contributed by atoms with Crippen molar-refractivity contribution in [2.75, 3.05) is 38.8 Å². The number of anilines is 1. The van der Waals surface area contributed by atoms with Crippen molar-refractivity contribution in [2.45, 2.75) is 18.2 Å².